The molecule has 17 nitrogen and oxygen atoms in total. The Labute approximate surface area is 798 Å². The van der Waals surface area contributed by atoms with Crippen molar-refractivity contribution in [3.05, 3.63) is 266 Å². The Hall–Kier alpha value is -9.20. The van der Waals surface area contributed by atoms with E-state index in [4.69, 9.17) is 4.74 Å². The second kappa shape index (κ2) is 43.1. The van der Waals surface area contributed by atoms with Crippen LogP contribution in [0.1, 0.15) is 153 Å². The van der Waals surface area contributed by atoms with Gasteiger partial charge in [-0.2, -0.15) is 52.7 Å². The fourth-order valence-corrected chi connectivity index (χ4v) is 29.7. The van der Waals surface area contributed by atoms with Crippen molar-refractivity contribution in [3.63, 3.8) is 0 Å². The van der Waals surface area contributed by atoms with Crippen LogP contribution in [0.3, 0.4) is 0 Å². The third kappa shape index (κ3) is 25.4. The van der Waals surface area contributed by atoms with Gasteiger partial charge in [-0.1, -0.05) is 159 Å². The Morgan fingerprint density at radius 1 is 0.358 bits per heavy atom. The molecule has 9 aromatic rings. The van der Waals surface area contributed by atoms with Gasteiger partial charge in [-0.25, -0.2) is 30.0 Å². The summed E-state index contributed by atoms with van der Waals surface area (Å²) in [6, 6.07) is 90.4. The molecule has 12 bridgehead atoms. The summed E-state index contributed by atoms with van der Waals surface area (Å²) in [5.74, 6) is -1.72. The van der Waals surface area contributed by atoms with Crippen LogP contribution in [0.15, 0.2) is 305 Å². The number of ether oxygens (including phenoxy) is 4. The predicted molar refractivity (Wildman–Crippen MR) is 486 cm³/mol. The highest BCUT2D eigenvalue weighted by molar-refractivity contribution is 7.97. The average Bonchev–Trinajstić information content (AvgIpc) is 0.729. The van der Waals surface area contributed by atoms with Crippen LogP contribution in [0.4, 0.5) is 52.7 Å². The normalized spacial score (nSPS) is 24.9. The molecule has 22 rings (SSSR count). The van der Waals surface area contributed by atoms with Crippen molar-refractivity contribution in [2.45, 2.75) is 225 Å². The molecule has 0 heterocycles. The number of halogens is 12. The number of benzene rings is 9. The van der Waals surface area contributed by atoms with Crippen molar-refractivity contribution in [2.24, 2.45) is 69.5 Å². The third-order valence-electron chi connectivity index (χ3n) is 27.5. The number of carbonyl (C=O) groups excluding carboxylic acids is 4. The van der Waals surface area contributed by atoms with Crippen molar-refractivity contribution in [3.8, 4) is 5.75 Å². The maximum Gasteiger partial charge on any atom is 0.432 e. The monoisotopic (exact) mass is 2020 g/mol. The Morgan fingerprint density at radius 2 is 0.672 bits per heavy atom. The van der Waals surface area contributed by atoms with Gasteiger partial charge in [0.25, 0.3) is 6.10 Å². The van der Waals surface area contributed by atoms with E-state index in [0.717, 1.165) is 91.2 Å². The van der Waals surface area contributed by atoms with E-state index in [1.54, 1.807) is 12.1 Å². The van der Waals surface area contributed by atoms with Gasteiger partial charge in [-0.15, -0.1) is 0 Å². The summed E-state index contributed by atoms with van der Waals surface area (Å²) in [7, 11) is -18.9. The number of rotatable bonds is 24. The first-order chi connectivity index (χ1) is 64.8. The van der Waals surface area contributed by atoms with Crippen LogP contribution >= 0.6 is 0 Å². The average molecular weight is 2020 g/mol. The van der Waals surface area contributed by atoms with Gasteiger partial charge in [0.05, 0.1) is 50.1 Å². The molecule has 0 saturated heterocycles. The fraction of sp³-hybridized carbons (Fsp3) is 0.431. The molecular formula is C102H104F12O17S6. The third-order valence-corrected chi connectivity index (χ3v) is 36.7. The number of hydrogen-bond donors (Lipinski definition) is 0. The van der Waals surface area contributed by atoms with Gasteiger partial charge in [0.15, 0.2) is 87.6 Å². The first-order valence-electron chi connectivity index (χ1n) is 45.4. The molecule has 13 aliphatic rings. The van der Waals surface area contributed by atoms with Gasteiger partial charge in [0.2, 0.25) is 0 Å². The Morgan fingerprint density at radius 3 is 0.985 bits per heavy atom. The summed E-state index contributed by atoms with van der Waals surface area (Å²) < 4.78 is 267. The van der Waals surface area contributed by atoms with E-state index in [9.17, 15) is 111 Å². The zero-order valence-corrected chi connectivity index (χ0v) is 79.2. The molecule has 35 heteroatoms. The van der Waals surface area contributed by atoms with E-state index in [1.807, 2.05) is 48.5 Å². The van der Waals surface area contributed by atoms with Crippen molar-refractivity contribution in [2.75, 3.05) is 19.8 Å². The lowest BCUT2D eigenvalue weighted by atomic mass is 9.49. The summed E-state index contributed by atoms with van der Waals surface area (Å²) in [5.41, 5.74) is -1.03. The molecule has 3 unspecified atom stereocenters. The second-order valence-electron chi connectivity index (χ2n) is 37.6. The van der Waals surface area contributed by atoms with E-state index in [-0.39, 0.29) is 124 Å². The molecule has 13 fully saturated rings. The molecule has 0 aromatic heterocycles. The molecule has 0 spiro atoms. The lowest BCUT2D eigenvalue weighted by Gasteiger charge is -2.56. The highest BCUT2D eigenvalue weighted by atomic mass is 32.2. The van der Waals surface area contributed by atoms with Crippen molar-refractivity contribution < 1.29 is 130 Å². The first kappa shape index (κ1) is 104. The minimum Gasteiger partial charge on any atom is -0.743 e. The van der Waals surface area contributed by atoms with Crippen LogP contribution < -0.4 is 4.74 Å². The van der Waals surface area contributed by atoms with Gasteiger partial charge in [-0.05, 0) is 296 Å². The van der Waals surface area contributed by atoms with Crippen LogP contribution in [0, 0.1) is 69.5 Å². The van der Waals surface area contributed by atoms with Gasteiger partial charge < -0.3 is 32.6 Å². The quantitative estimate of drug-likeness (QED) is 0.0179. The summed E-state index contributed by atoms with van der Waals surface area (Å²) in [5, 5.41) is -15.4. The summed E-state index contributed by atoms with van der Waals surface area (Å²) >= 11 is 0. The standard InChI is InChI=1S/C24H25S.C20H16F3OS.C18H15S.C14H17F5O5S.C13H16F2O6S.C13H18F2O5S/c1-4-10-20(11-5-1)21-16-18-24(19-17-21)25(22-12-6-2-7-13-22)23-14-8-3-9-15-23;21-20(22,23)15-24-16-11-13-19(14-12-16)25(17-7-3-1-4-8-17)18-9-5-2-6-10-18;1-4-10-16(11-5-1)19(17-12-6-2-7-13-17)18-14-8-3-9-15-18;15-13(16,17)10(14(18,19)25(21,22)23)24-11(20)12-4-7-1-8(5-12)3-9(2-7)6-12;14-13(15,22(18,19)20)6-21-11(17)12-3-7-1-8(4-12)10(16)9(2-7)5-12;14-13(15,21(17,18)19)11(16)20-7-12-4-8-1-9(5-12)3-10(2-8)6-12/h2-3,6-9,12-20H,1,4-5,10-11H2;1-14H,15H2;1-15H;7-10H,1-6H2,(H,21,22,23);7-9H,1-6H2,(H,18,19,20);8-10H,1-7H2,(H,17,18,19)/q3*+1;;;/p-3. The first-order valence-corrected chi connectivity index (χ1v) is 53.3. The molecule has 0 radical (unpaired) electrons. The number of alkyl halides is 12. The van der Waals surface area contributed by atoms with Gasteiger partial charge in [0.1, 0.15) is 11.5 Å². The molecule has 734 valence electrons. The van der Waals surface area contributed by atoms with Crippen molar-refractivity contribution in [1.82, 2.24) is 0 Å². The van der Waals surface area contributed by atoms with E-state index >= 15 is 0 Å². The number of Topliss-reactive ketones (excluding diaryl/α,β-unsaturated/α-hetero) is 1. The molecule has 137 heavy (non-hydrogen) atoms. The van der Waals surface area contributed by atoms with E-state index in [1.165, 1.54) is 67.0 Å². The molecule has 13 saturated carbocycles. The highest BCUT2D eigenvalue weighted by Crippen LogP contribution is 2.63. The van der Waals surface area contributed by atoms with E-state index in [0.29, 0.717) is 24.2 Å². The van der Waals surface area contributed by atoms with Crippen molar-refractivity contribution in [1.29, 1.82) is 0 Å². The molecule has 0 N–H and O–H groups in total. The van der Waals surface area contributed by atoms with Crippen LogP contribution in [-0.2, 0) is 96.4 Å². The van der Waals surface area contributed by atoms with Gasteiger partial charge in [0, 0.05) is 17.3 Å². The molecule has 13 aliphatic carbocycles. The molecule has 3 atom stereocenters. The SMILES string of the molecule is FC(F)(F)COc1ccc([S+](c2ccccc2)c2ccccc2)cc1.O=C(OC(C(F)(F)F)C(F)(F)S(=O)(=O)[O-])C12CC3CC(CC(C3)C1)C2.O=C(OCC12CC3CC(CC(C3)C1)C2)C(F)(F)S(=O)(=O)[O-].O=C1C2CC3CC1CC(C(=O)OCC(F)(F)S(=O)(=O)[O-])(C3)C2.c1ccc([S+](c2ccccc2)c2ccc(C3CCCCC3)cc2)cc1.c1ccc([S+](c2ccccc2)c2ccccc2)cc1. The van der Waals surface area contributed by atoms with Crippen LogP contribution in [-0.4, -0.2) is 117 Å². The van der Waals surface area contributed by atoms with Crippen LogP contribution in [0.5, 0.6) is 5.75 Å². The summed E-state index contributed by atoms with van der Waals surface area (Å²) in [4.78, 5) is 59.4. The van der Waals surface area contributed by atoms with Crippen molar-refractivity contribution >= 4 is 86.7 Å². The van der Waals surface area contributed by atoms with Gasteiger partial charge in [-0.3, -0.25) is 14.4 Å². The molecule has 9 aromatic carbocycles. The zero-order chi connectivity index (χ0) is 98.2. The number of ketones is 1. The minimum atomic E-state index is -6.67. The topological polar surface area (TPSA) is 277 Å². The van der Waals surface area contributed by atoms with Crippen LogP contribution in [0.25, 0.3) is 0 Å². The molecule has 0 aliphatic heterocycles. The van der Waals surface area contributed by atoms with E-state index < -0.39 is 107 Å². The van der Waals surface area contributed by atoms with Crippen LogP contribution in [0.2, 0.25) is 0 Å². The summed E-state index contributed by atoms with van der Waals surface area (Å²) in [6.07, 6.45) is 4.10. The smallest absolute Gasteiger partial charge is 0.432 e. The van der Waals surface area contributed by atoms with E-state index in [2.05, 4.69) is 214 Å². The number of esters is 3. The number of hydrogen-bond acceptors (Lipinski definition) is 17. The maximum atomic E-state index is 13.5. The maximum absolute atomic E-state index is 13.5. The highest BCUT2D eigenvalue weighted by Gasteiger charge is 2.66. The zero-order valence-electron chi connectivity index (χ0n) is 74.3. The lowest BCUT2D eigenvalue weighted by Crippen LogP contribution is -2.56. The molecule has 0 amide bonds. The minimum absolute atomic E-state index is 0.0146. The number of carbonyl (C=O) groups is 4. The lowest BCUT2D eigenvalue weighted by molar-refractivity contribution is -0.266. The Bertz CT molecular complexity index is 5660. The summed E-state index contributed by atoms with van der Waals surface area (Å²) in [6.45, 7) is -3.26. The predicted octanol–water partition coefficient (Wildman–Crippen LogP) is 23.1. The van der Waals surface area contributed by atoms with Gasteiger partial charge >= 0.3 is 46.0 Å². The Balaban J connectivity index is 0.000000132. The fourth-order valence-electron chi connectivity index (χ4n) is 22.6. The molecular weight excluding hydrogens is 1920 g/mol. The second-order valence-corrected chi connectivity index (χ2v) is 48.0. The largest absolute Gasteiger partial charge is 0.743 e. The Kier molecular flexibility index (Phi) is 32.6.